The third-order valence-electron chi connectivity index (χ3n) is 15.9. The molecule has 29 nitrogen and oxygen atoms in total. The van der Waals surface area contributed by atoms with Crippen molar-refractivity contribution in [2.45, 2.75) is 96.1 Å². The molecule has 2 atom stereocenters. The predicted molar refractivity (Wildman–Crippen MR) is 333 cm³/mol. The number of imide groups is 1. The highest BCUT2D eigenvalue weighted by Gasteiger charge is 2.50. The van der Waals surface area contributed by atoms with E-state index in [1.165, 1.54) is 38.5 Å². The van der Waals surface area contributed by atoms with Crippen LogP contribution in [0.15, 0.2) is 104 Å². The minimum atomic E-state index is -5.45. The van der Waals surface area contributed by atoms with Crippen molar-refractivity contribution in [1.29, 1.82) is 0 Å². The molecule has 2 amide bonds. The molecule has 3 aliphatic rings. The van der Waals surface area contributed by atoms with Crippen molar-refractivity contribution in [1.82, 2.24) is 5.06 Å². The zero-order chi connectivity index (χ0) is 68.3. The van der Waals surface area contributed by atoms with E-state index in [0.29, 0.717) is 65.4 Å². The molecule has 1 fully saturated rings. The number of hydroxylamine groups is 2. The molecule has 3 aliphatic heterocycles. The second-order valence-electron chi connectivity index (χ2n) is 22.3. The SMILES string of the molecule is COCCOCCOCCOCCC1(C)\C(=C/C=C(C)/C=C/C2=[N+](CCOCCOCCOC)c3ccc4c(S(=O)(=O)O)cc(S(=O)(=O)O)cc4c3C2(C)CCCS(=O)(=O)O)N(CCCC(=O)ON2C(=O)CCC2=O)c2ccc3c(S(=O)(=O)[O-])cc(S(=O)(=O)O)cc3c21. The molecule has 93 heavy (non-hydrogen) atoms. The average Bonchev–Trinajstić information content (AvgIpc) is 1.60. The Bertz CT molecular complexity index is 4190. The van der Waals surface area contributed by atoms with Gasteiger partial charge in [-0.2, -0.15) is 38.2 Å². The van der Waals surface area contributed by atoms with Crippen LogP contribution in [0.25, 0.3) is 21.5 Å². The van der Waals surface area contributed by atoms with Crippen LogP contribution in [0, 0.1) is 0 Å². The van der Waals surface area contributed by atoms with Crippen molar-refractivity contribution in [3.8, 4) is 0 Å². The average molecular weight is 1400 g/mol. The highest BCUT2D eigenvalue weighted by molar-refractivity contribution is 7.87. The quantitative estimate of drug-likeness (QED) is 0.0152. The predicted octanol–water partition coefficient (Wildman–Crippen LogP) is 4.98. The molecule has 0 spiro atoms. The van der Waals surface area contributed by atoms with Crippen LogP contribution < -0.4 is 4.90 Å². The largest absolute Gasteiger partial charge is 0.744 e. The summed E-state index contributed by atoms with van der Waals surface area (Å²) in [6, 6.07) is 8.89. The van der Waals surface area contributed by atoms with Gasteiger partial charge in [-0.25, -0.2) is 13.2 Å². The fourth-order valence-corrected chi connectivity index (χ4v) is 14.7. The van der Waals surface area contributed by atoms with Crippen LogP contribution >= 0.6 is 0 Å². The highest BCUT2D eigenvalue weighted by atomic mass is 32.2. The number of nitrogens with zero attached hydrogens (tertiary/aromatic N) is 3. The maximum atomic E-state index is 13.3. The van der Waals surface area contributed by atoms with E-state index >= 15 is 0 Å². The Morgan fingerprint density at radius 2 is 1.14 bits per heavy atom. The molecule has 1 saturated heterocycles. The van der Waals surface area contributed by atoms with Gasteiger partial charge in [-0.1, -0.05) is 23.8 Å². The Kier molecular flexibility index (Phi) is 25.0. The van der Waals surface area contributed by atoms with E-state index in [4.69, 9.17) is 38.0 Å². The summed E-state index contributed by atoms with van der Waals surface area (Å²) in [4.78, 5) is 41.3. The van der Waals surface area contributed by atoms with Crippen molar-refractivity contribution >= 4 is 107 Å². The lowest BCUT2D eigenvalue weighted by Crippen LogP contribution is -2.33. The van der Waals surface area contributed by atoms with Gasteiger partial charge in [-0.15, -0.1) is 5.06 Å². The summed E-state index contributed by atoms with van der Waals surface area (Å²) >= 11 is 0. The first-order chi connectivity index (χ1) is 43.7. The van der Waals surface area contributed by atoms with Crippen molar-refractivity contribution in [2.75, 3.05) is 117 Å². The zero-order valence-corrected chi connectivity index (χ0v) is 55.7. The van der Waals surface area contributed by atoms with Gasteiger partial charge in [0.15, 0.2) is 12.3 Å². The lowest BCUT2D eigenvalue weighted by atomic mass is 9.74. The number of anilines is 1. The minimum absolute atomic E-state index is 0.0106. The Labute approximate surface area is 539 Å². The van der Waals surface area contributed by atoms with Gasteiger partial charge in [-0.3, -0.25) is 27.8 Å². The number of ether oxygens (including phenoxy) is 7. The van der Waals surface area contributed by atoms with Gasteiger partial charge in [0.05, 0.1) is 91.9 Å². The van der Waals surface area contributed by atoms with E-state index < -0.39 is 105 Å². The molecule has 0 aliphatic carbocycles. The van der Waals surface area contributed by atoms with E-state index in [0.717, 1.165) is 12.1 Å². The summed E-state index contributed by atoms with van der Waals surface area (Å²) in [5.74, 6) is -3.09. The molecule has 4 N–H and O–H groups in total. The molecule has 0 saturated carbocycles. The Balaban J connectivity index is 1.40. The van der Waals surface area contributed by atoms with Gasteiger partial charge in [0.1, 0.15) is 21.6 Å². The molecule has 3 heterocycles. The van der Waals surface area contributed by atoms with Gasteiger partial charge in [-0.05, 0) is 111 Å². The molecule has 4 aromatic rings. The minimum Gasteiger partial charge on any atom is -0.744 e. The van der Waals surface area contributed by atoms with Crippen LogP contribution in [0.5, 0.6) is 0 Å². The fraction of sp³-hybridized carbons (Fsp3) is 0.492. The maximum absolute atomic E-state index is 13.3. The number of hydrogen-bond donors (Lipinski definition) is 4. The number of carbonyl (C=O) groups excluding carboxylic acids is 3. The molecule has 7 rings (SSSR count). The van der Waals surface area contributed by atoms with Crippen molar-refractivity contribution in [3.05, 3.63) is 95.2 Å². The molecule has 0 aromatic heterocycles. The number of amides is 2. The number of benzene rings is 4. The van der Waals surface area contributed by atoms with Crippen LogP contribution in [-0.2, 0) is 114 Å². The lowest BCUT2D eigenvalue weighted by molar-refractivity contribution is -0.442. The Hall–Kier alpha value is -6.03. The molecule has 34 heteroatoms. The van der Waals surface area contributed by atoms with Gasteiger partial charge < -0.3 is 47.4 Å². The standard InChI is InChI=1S/C59H75N3O26S5/c1-40(9-15-51-58(2,19-7-35-89(66,67)68)56-45-36-41(90(69,70)71)38-49(92(75,76)77)43(45)12-14-48(56)61(51)22-24-84-30-32-85-27-25-81-4)10-16-52-59(3,20-23-83-29-31-87-34-33-86-28-26-82-5)57-46-37-42(91(72,73)74)39-50(93(78,79)80)44(46)11-13-47(57)60(52)21-6-8-55(65)88-62-53(63)17-18-54(62)64/h9-16,36-39H,6-8,17-35H2,1-5H3,(H4-,66,67,68,69,70,71,72,73,74,75,76,77,78,79,80). The van der Waals surface area contributed by atoms with Gasteiger partial charge in [0, 0.05) is 86.5 Å². The number of rotatable bonds is 37. The second-order valence-corrected chi connectivity index (χ2v) is 29.5. The number of hydrogen-bond acceptors (Lipinski definition) is 23. The number of methoxy groups -OCH3 is 2. The van der Waals surface area contributed by atoms with Crippen LogP contribution in [0.1, 0.15) is 76.8 Å². The first kappa shape index (κ1) is 74.4. The van der Waals surface area contributed by atoms with E-state index in [2.05, 4.69) is 0 Å². The van der Waals surface area contributed by atoms with Crippen LogP contribution in [-0.4, -0.2) is 210 Å². The molecule has 2 unspecified atom stereocenters. The van der Waals surface area contributed by atoms with Crippen molar-refractivity contribution < 1.29 is 122 Å². The second kappa shape index (κ2) is 31.2. The highest BCUT2D eigenvalue weighted by Crippen LogP contribution is 2.54. The Morgan fingerprint density at radius 3 is 1.68 bits per heavy atom. The summed E-state index contributed by atoms with van der Waals surface area (Å²) in [6.07, 6.45) is 5.71. The smallest absolute Gasteiger partial charge is 0.333 e. The van der Waals surface area contributed by atoms with Crippen LogP contribution in [0.4, 0.5) is 11.4 Å². The van der Waals surface area contributed by atoms with E-state index in [1.54, 1.807) is 54.6 Å². The van der Waals surface area contributed by atoms with Gasteiger partial charge in [0.25, 0.3) is 52.3 Å². The zero-order valence-electron chi connectivity index (χ0n) is 51.6. The number of fused-ring (bicyclic) bond motifs is 6. The van der Waals surface area contributed by atoms with E-state index in [9.17, 15) is 79.2 Å². The molecule has 512 valence electrons. The normalized spacial score (nSPS) is 18.8. The van der Waals surface area contributed by atoms with Crippen LogP contribution in [0.2, 0.25) is 0 Å². The molecule has 4 aromatic carbocycles. The van der Waals surface area contributed by atoms with Gasteiger partial charge in [0.2, 0.25) is 5.69 Å². The van der Waals surface area contributed by atoms with E-state index in [-0.39, 0.29) is 150 Å². The summed E-state index contributed by atoms with van der Waals surface area (Å²) < 4.78 is 223. The topological polar surface area (TPSA) is 409 Å². The third kappa shape index (κ3) is 18.5. The number of carbonyl (C=O) groups is 3. The summed E-state index contributed by atoms with van der Waals surface area (Å²) in [6.45, 7) is 7.46. The summed E-state index contributed by atoms with van der Waals surface area (Å²) in [7, 11) is -22.5. The molecule has 0 radical (unpaired) electrons. The van der Waals surface area contributed by atoms with Crippen molar-refractivity contribution in [3.63, 3.8) is 0 Å². The van der Waals surface area contributed by atoms with E-state index in [1.807, 2.05) is 0 Å². The van der Waals surface area contributed by atoms with Crippen LogP contribution in [0.3, 0.4) is 0 Å². The first-order valence-corrected chi connectivity index (χ1v) is 36.5. The Morgan fingerprint density at radius 1 is 0.624 bits per heavy atom. The fourth-order valence-electron chi connectivity index (χ4n) is 11.6. The lowest BCUT2D eigenvalue weighted by Gasteiger charge is -2.31. The summed E-state index contributed by atoms with van der Waals surface area (Å²) in [5.41, 5.74) is -0.287. The van der Waals surface area contributed by atoms with Crippen molar-refractivity contribution in [2.24, 2.45) is 0 Å². The van der Waals surface area contributed by atoms with Gasteiger partial charge >= 0.3 is 5.97 Å². The maximum Gasteiger partial charge on any atom is 0.333 e. The molecule has 0 bridgehead atoms. The first-order valence-electron chi connectivity index (χ1n) is 29.1. The summed E-state index contributed by atoms with van der Waals surface area (Å²) in [5, 5.41) is -0.0819. The third-order valence-corrected chi connectivity index (χ3v) is 20.1. The molecular formula is C59H75N3O26S5. The monoisotopic (exact) mass is 1400 g/mol. The molecular weight excluding hydrogens is 1330 g/mol. The number of allylic oxidation sites excluding steroid dienone is 6.